The largest absolute Gasteiger partial charge is 0.472 e. The van der Waals surface area contributed by atoms with Gasteiger partial charge in [0.2, 0.25) is 0 Å². The van der Waals surface area contributed by atoms with Crippen LogP contribution in [0.25, 0.3) is 0 Å². The first-order valence-electron chi connectivity index (χ1n) is 44.3. The van der Waals surface area contributed by atoms with Crippen LogP contribution in [0, 0.1) is 0 Å². The van der Waals surface area contributed by atoms with Crippen molar-refractivity contribution in [2.75, 3.05) is 47.5 Å². The molecule has 0 bridgehead atoms. The molecular weight excluding hydrogens is 1300 g/mol. The first kappa shape index (κ1) is 100. The van der Waals surface area contributed by atoms with E-state index in [9.17, 15) is 19.0 Å². The molecule has 0 aromatic carbocycles. The molecule has 0 amide bonds. The predicted octanol–water partition coefficient (Wildman–Crippen LogP) is 30.1. The average molecular weight is 1470 g/mol. The number of carbonyl (C=O) groups is 2. The molecule has 0 radical (unpaired) electrons. The summed E-state index contributed by atoms with van der Waals surface area (Å²) in [5, 5.41) is 0. The first-order valence-corrected chi connectivity index (χ1v) is 45.8. The smallest absolute Gasteiger partial charge is 0.462 e. The predicted molar refractivity (Wildman–Crippen MR) is 454 cm³/mol. The zero-order valence-corrected chi connectivity index (χ0v) is 69.9. The van der Waals surface area contributed by atoms with Gasteiger partial charge in [0.15, 0.2) is 6.10 Å². The maximum absolute atomic E-state index is 12.9. The highest BCUT2D eigenvalue weighted by Gasteiger charge is 2.27. The second kappa shape index (κ2) is 83.4. The lowest BCUT2D eigenvalue weighted by Crippen LogP contribution is -2.37. The normalized spacial score (nSPS) is 13.6. The molecule has 0 aliphatic heterocycles. The summed E-state index contributed by atoms with van der Waals surface area (Å²) in [6.07, 6.45) is 121. The fraction of sp³-hybridized carbons (Fsp3) is 0.766. The Morgan fingerprint density at radius 2 is 0.548 bits per heavy atom. The van der Waals surface area contributed by atoms with Gasteiger partial charge in [-0.05, 0) is 109 Å². The minimum atomic E-state index is -4.40. The maximum atomic E-state index is 12.9. The minimum absolute atomic E-state index is 0.0309. The molecular formula is C94H169NO8P+. The number of phosphoric ester groups is 1. The molecule has 0 rings (SSSR count). The van der Waals surface area contributed by atoms with Crippen LogP contribution in [0.3, 0.4) is 0 Å². The number of hydrogen-bond donors (Lipinski definition) is 1. The fourth-order valence-corrected chi connectivity index (χ4v) is 13.5. The van der Waals surface area contributed by atoms with Crippen molar-refractivity contribution in [2.24, 2.45) is 0 Å². The van der Waals surface area contributed by atoms with Crippen LogP contribution in [0.1, 0.15) is 412 Å². The van der Waals surface area contributed by atoms with E-state index >= 15 is 0 Å². The Kier molecular flexibility index (Phi) is 80.6. The minimum Gasteiger partial charge on any atom is -0.462 e. The lowest BCUT2D eigenvalue weighted by atomic mass is 10.0. The molecule has 0 spiro atoms. The van der Waals surface area contributed by atoms with Crippen molar-refractivity contribution in [1.29, 1.82) is 0 Å². The van der Waals surface area contributed by atoms with Crippen LogP contribution in [-0.2, 0) is 32.7 Å². The van der Waals surface area contributed by atoms with Crippen LogP contribution in [0.4, 0.5) is 0 Å². The number of allylic oxidation sites excluding steroid dienone is 20. The Bertz CT molecular complexity index is 2180. The molecule has 0 aromatic rings. The number of esters is 2. The van der Waals surface area contributed by atoms with E-state index in [0.29, 0.717) is 23.9 Å². The van der Waals surface area contributed by atoms with E-state index < -0.39 is 26.5 Å². The summed E-state index contributed by atoms with van der Waals surface area (Å²) in [4.78, 5) is 36.1. The topological polar surface area (TPSA) is 108 Å². The van der Waals surface area contributed by atoms with Crippen molar-refractivity contribution in [1.82, 2.24) is 0 Å². The third kappa shape index (κ3) is 87.3. The lowest BCUT2D eigenvalue weighted by molar-refractivity contribution is -0.870. The number of likely N-dealkylation sites (N-methyl/N-ethyl adjacent to an activating group) is 1. The molecule has 0 aliphatic carbocycles. The van der Waals surface area contributed by atoms with E-state index in [1.165, 1.54) is 289 Å². The van der Waals surface area contributed by atoms with Crippen LogP contribution in [-0.4, -0.2) is 74.9 Å². The van der Waals surface area contributed by atoms with Crippen LogP contribution in [0.2, 0.25) is 0 Å². The fourth-order valence-electron chi connectivity index (χ4n) is 12.8. The van der Waals surface area contributed by atoms with E-state index in [1.807, 2.05) is 21.1 Å². The SMILES string of the molecule is CC/C=C\C/C=C\C/C=C\C/C=C\C/C=C\C/C=C\C/C=C\CCCCCCCCCCCCCCCCCCCC(=O)OC(COC(=O)CCCCCCCCCCCCCCCCCCCCCCCCCCCC/C=C\C/C=C\C/C=C\CCCCCCC)COP(=O)(O)OCC[N+](C)(C)C. The van der Waals surface area contributed by atoms with Gasteiger partial charge in [-0.3, -0.25) is 18.6 Å². The van der Waals surface area contributed by atoms with Crippen LogP contribution in [0.5, 0.6) is 0 Å². The highest BCUT2D eigenvalue weighted by molar-refractivity contribution is 7.47. The summed E-state index contributed by atoms with van der Waals surface area (Å²) < 4.78 is 34.9. The van der Waals surface area contributed by atoms with E-state index in [1.54, 1.807) is 0 Å². The Morgan fingerprint density at radius 1 is 0.308 bits per heavy atom. The van der Waals surface area contributed by atoms with Crippen molar-refractivity contribution in [3.05, 3.63) is 122 Å². The summed E-state index contributed by atoms with van der Waals surface area (Å²) in [5.74, 6) is -0.780. The summed E-state index contributed by atoms with van der Waals surface area (Å²) >= 11 is 0. The van der Waals surface area contributed by atoms with Crippen LogP contribution < -0.4 is 0 Å². The molecule has 0 fully saturated rings. The Balaban J connectivity index is 3.89. The number of carbonyl (C=O) groups excluding carboxylic acids is 2. The third-order valence-corrected chi connectivity index (χ3v) is 20.5. The molecule has 0 aliphatic rings. The van der Waals surface area contributed by atoms with Gasteiger partial charge in [-0.15, -0.1) is 0 Å². The molecule has 104 heavy (non-hydrogen) atoms. The molecule has 0 heterocycles. The Labute approximate surface area is 645 Å². The van der Waals surface area contributed by atoms with Crippen molar-refractivity contribution in [3.63, 3.8) is 0 Å². The highest BCUT2D eigenvalue weighted by atomic mass is 31.2. The zero-order chi connectivity index (χ0) is 75.4. The van der Waals surface area contributed by atoms with Gasteiger partial charge in [-0.2, -0.15) is 0 Å². The molecule has 2 unspecified atom stereocenters. The van der Waals surface area contributed by atoms with Gasteiger partial charge in [0.1, 0.15) is 19.8 Å². The van der Waals surface area contributed by atoms with Gasteiger partial charge in [-0.25, -0.2) is 4.57 Å². The van der Waals surface area contributed by atoms with E-state index in [2.05, 4.69) is 135 Å². The monoisotopic (exact) mass is 1470 g/mol. The van der Waals surface area contributed by atoms with E-state index in [4.69, 9.17) is 18.5 Å². The van der Waals surface area contributed by atoms with Gasteiger partial charge >= 0.3 is 19.8 Å². The van der Waals surface area contributed by atoms with E-state index in [-0.39, 0.29) is 25.6 Å². The molecule has 9 nitrogen and oxygen atoms in total. The zero-order valence-electron chi connectivity index (χ0n) is 69.0. The van der Waals surface area contributed by atoms with Gasteiger partial charge < -0.3 is 18.9 Å². The van der Waals surface area contributed by atoms with Gasteiger partial charge in [0.05, 0.1) is 27.7 Å². The van der Waals surface area contributed by atoms with Crippen molar-refractivity contribution in [2.45, 2.75) is 418 Å². The summed E-state index contributed by atoms with van der Waals surface area (Å²) in [6.45, 7) is 4.36. The van der Waals surface area contributed by atoms with Crippen LogP contribution >= 0.6 is 7.82 Å². The van der Waals surface area contributed by atoms with Crippen molar-refractivity contribution < 1.29 is 42.1 Å². The number of phosphoric acid groups is 1. The number of rotatable bonds is 82. The van der Waals surface area contributed by atoms with E-state index in [0.717, 1.165) is 89.9 Å². The maximum Gasteiger partial charge on any atom is 0.472 e. The quantitative estimate of drug-likeness (QED) is 0.0211. The standard InChI is InChI=1S/C94H168NO8P/c1-6-8-10-12-14-16-18-20-22-24-26-28-30-32-34-36-38-40-42-44-46-47-49-50-52-54-56-58-60-62-64-66-68-70-72-74-76-78-80-82-84-86-93(96)100-90-92(91-102-104(98,99)101-89-88-95(3,4)5)103-94(97)87-85-83-81-79-77-75-73-71-69-67-65-63-61-59-57-55-53-51-48-45-43-41-39-37-35-33-31-29-27-25-23-21-19-17-15-13-11-9-7-2/h9,11,15,17-18,20-21,23-24,26-27,29-30,32-33,35,39,41,45,48,92H,6-8,10,12-14,16,19,22,25,28,31,34,36-38,40,42-44,46-47,49-91H2,1-5H3/p+1/b11-9-,17-15-,20-18-,23-21-,26-24-,29-27-,32-30-,35-33-,41-39-,48-45-. The summed E-state index contributed by atoms with van der Waals surface area (Å²) in [7, 11) is 1.49. The molecule has 0 saturated heterocycles. The lowest BCUT2D eigenvalue weighted by Gasteiger charge is -2.24. The molecule has 602 valence electrons. The summed E-state index contributed by atoms with van der Waals surface area (Å²) in [5.41, 5.74) is 0. The Hall–Kier alpha value is -3.59. The molecule has 1 N–H and O–H groups in total. The van der Waals surface area contributed by atoms with Crippen LogP contribution in [0.15, 0.2) is 122 Å². The number of unbranched alkanes of at least 4 members (excludes halogenated alkanes) is 48. The number of hydrogen-bond acceptors (Lipinski definition) is 7. The second-order valence-electron chi connectivity index (χ2n) is 30.9. The molecule has 2 atom stereocenters. The third-order valence-electron chi connectivity index (χ3n) is 19.5. The van der Waals surface area contributed by atoms with Gasteiger partial charge in [-0.1, -0.05) is 411 Å². The number of quaternary nitrogens is 1. The first-order chi connectivity index (χ1) is 51.0. The molecule has 0 saturated carbocycles. The van der Waals surface area contributed by atoms with Crippen molar-refractivity contribution >= 4 is 19.8 Å². The summed E-state index contributed by atoms with van der Waals surface area (Å²) in [6, 6.07) is 0. The van der Waals surface area contributed by atoms with Gasteiger partial charge in [0.25, 0.3) is 0 Å². The number of nitrogens with zero attached hydrogens (tertiary/aromatic N) is 1. The van der Waals surface area contributed by atoms with Crippen molar-refractivity contribution in [3.8, 4) is 0 Å². The highest BCUT2D eigenvalue weighted by Crippen LogP contribution is 2.43. The molecule has 0 aromatic heterocycles. The average Bonchev–Trinajstić information content (AvgIpc) is 0.915. The number of ether oxygens (including phenoxy) is 2. The molecule has 10 heteroatoms. The second-order valence-corrected chi connectivity index (χ2v) is 32.4. The van der Waals surface area contributed by atoms with Gasteiger partial charge in [0, 0.05) is 12.8 Å². The Morgan fingerprint density at radius 3 is 0.817 bits per heavy atom.